The lowest BCUT2D eigenvalue weighted by Gasteiger charge is -2.14. The lowest BCUT2D eigenvalue weighted by Crippen LogP contribution is -2.32. The minimum atomic E-state index is -0.165. The fraction of sp³-hybridized carbons (Fsp3) is 0.286. The van der Waals surface area contributed by atoms with E-state index in [-0.39, 0.29) is 17.6 Å². The average Bonchev–Trinajstić information content (AvgIpc) is 3.07. The first-order chi connectivity index (χ1) is 9.66. The van der Waals surface area contributed by atoms with Gasteiger partial charge in [-0.2, -0.15) is 0 Å². The number of hydrogen-bond donors (Lipinski definition) is 1. The molecule has 1 aromatic heterocycles. The van der Waals surface area contributed by atoms with Crippen LogP contribution in [0, 0.1) is 0 Å². The second kappa shape index (κ2) is 5.26. The van der Waals surface area contributed by atoms with E-state index in [1.807, 2.05) is 12.1 Å². The zero-order valence-electron chi connectivity index (χ0n) is 10.8. The van der Waals surface area contributed by atoms with Crippen molar-refractivity contribution >= 4 is 17.5 Å². The van der Waals surface area contributed by atoms with E-state index < -0.39 is 0 Å². The zero-order chi connectivity index (χ0) is 14.1. The molecule has 0 saturated carbocycles. The normalized spacial score (nSPS) is 18.5. The molecule has 6 heteroatoms. The minimum absolute atomic E-state index is 0.0367. The summed E-state index contributed by atoms with van der Waals surface area (Å²) in [6.45, 7) is 1.20. The monoisotopic (exact) mass is 291 g/mol. The molecule has 0 spiro atoms. The molecule has 1 amide bonds. The summed E-state index contributed by atoms with van der Waals surface area (Å²) in [5.74, 6) is 0.239. The molecule has 1 atom stereocenters. The van der Waals surface area contributed by atoms with Crippen LogP contribution in [0.4, 0.5) is 0 Å². The van der Waals surface area contributed by atoms with E-state index in [9.17, 15) is 4.79 Å². The van der Waals surface area contributed by atoms with Gasteiger partial charge >= 0.3 is 0 Å². The van der Waals surface area contributed by atoms with Gasteiger partial charge < -0.3 is 15.1 Å². The number of halogens is 1. The quantitative estimate of drug-likeness (QED) is 0.920. The van der Waals surface area contributed by atoms with E-state index in [0.717, 1.165) is 6.42 Å². The maximum Gasteiger partial charge on any atom is 0.276 e. The van der Waals surface area contributed by atoms with E-state index in [1.54, 1.807) is 17.0 Å². The van der Waals surface area contributed by atoms with Crippen LogP contribution in [0.3, 0.4) is 0 Å². The van der Waals surface area contributed by atoms with Gasteiger partial charge in [0.2, 0.25) is 0 Å². The molecule has 0 bridgehead atoms. The molecule has 1 saturated heterocycles. The first-order valence-electron chi connectivity index (χ1n) is 6.40. The highest BCUT2D eigenvalue weighted by molar-refractivity contribution is 6.33. The molecule has 1 fully saturated rings. The Hall–Kier alpha value is -1.85. The van der Waals surface area contributed by atoms with Gasteiger partial charge in [-0.25, -0.2) is 4.98 Å². The smallest absolute Gasteiger partial charge is 0.276 e. The number of carbonyl (C=O) groups excluding carboxylic acids is 1. The lowest BCUT2D eigenvalue weighted by molar-refractivity contribution is 0.0786. The molecule has 2 heterocycles. The number of rotatable bonds is 2. The molecule has 20 heavy (non-hydrogen) atoms. The lowest BCUT2D eigenvalue weighted by atomic mass is 10.1. The van der Waals surface area contributed by atoms with Gasteiger partial charge in [-0.05, 0) is 18.6 Å². The second-order valence-corrected chi connectivity index (χ2v) is 5.22. The zero-order valence-corrected chi connectivity index (χ0v) is 11.5. The predicted molar refractivity (Wildman–Crippen MR) is 75.4 cm³/mol. The Morgan fingerprint density at radius 1 is 1.45 bits per heavy atom. The molecule has 1 aliphatic rings. The van der Waals surface area contributed by atoms with E-state index in [1.165, 1.54) is 6.39 Å². The summed E-state index contributed by atoms with van der Waals surface area (Å²) in [4.78, 5) is 18.2. The van der Waals surface area contributed by atoms with Gasteiger partial charge in [-0.1, -0.05) is 23.7 Å². The third-order valence-corrected chi connectivity index (χ3v) is 3.73. The van der Waals surface area contributed by atoms with Crippen LogP contribution < -0.4 is 5.73 Å². The van der Waals surface area contributed by atoms with Crippen molar-refractivity contribution < 1.29 is 9.21 Å². The number of carbonyl (C=O) groups is 1. The van der Waals surface area contributed by atoms with Crippen molar-refractivity contribution in [2.45, 2.75) is 12.5 Å². The van der Waals surface area contributed by atoms with Crippen molar-refractivity contribution in [3.05, 3.63) is 41.4 Å². The Bertz CT molecular complexity index is 641. The Labute approximate surface area is 121 Å². The molecule has 3 rings (SSSR count). The number of amides is 1. The molecular formula is C14H14ClN3O2. The minimum Gasteiger partial charge on any atom is -0.443 e. The van der Waals surface area contributed by atoms with Crippen molar-refractivity contribution in [2.75, 3.05) is 13.1 Å². The number of aromatic nitrogens is 1. The predicted octanol–water partition coefficient (Wildman–Crippen LogP) is 2.17. The molecule has 1 aromatic carbocycles. The Morgan fingerprint density at radius 3 is 2.95 bits per heavy atom. The van der Waals surface area contributed by atoms with Gasteiger partial charge in [0.05, 0.1) is 5.02 Å². The van der Waals surface area contributed by atoms with Crippen molar-refractivity contribution in [3.63, 3.8) is 0 Å². The van der Waals surface area contributed by atoms with Crippen LogP contribution in [-0.4, -0.2) is 34.9 Å². The number of hydrogen-bond acceptors (Lipinski definition) is 4. The van der Waals surface area contributed by atoms with Gasteiger partial charge in [0.1, 0.15) is 0 Å². The largest absolute Gasteiger partial charge is 0.443 e. The third-order valence-electron chi connectivity index (χ3n) is 3.40. The van der Waals surface area contributed by atoms with Gasteiger partial charge in [0, 0.05) is 24.7 Å². The van der Waals surface area contributed by atoms with E-state index in [0.29, 0.717) is 29.4 Å². The number of benzene rings is 1. The number of nitrogens with two attached hydrogens (primary N) is 1. The number of nitrogens with zero attached hydrogens (tertiary/aromatic N) is 2. The summed E-state index contributed by atoms with van der Waals surface area (Å²) >= 11 is 6.14. The van der Waals surface area contributed by atoms with Crippen LogP contribution in [0.5, 0.6) is 0 Å². The first-order valence-corrected chi connectivity index (χ1v) is 6.78. The van der Waals surface area contributed by atoms with Crippen molar-refractivity contribution in [2.24, 2.45) is 5.73 Å². The van der Waals surface area contributed by atoms with E-state index in [4.69, 9.17) is 21.8 Å². The van der Waals surface area contributed by atoms with Crippen molar-refractivity contribution in [1.82, 2.24) is 9.88 Å². The fourth-order valence-corrected chi connectivity index (χ4v) is 2.58. The fourth-order valence-electron chi connectivity index (χ4n) is 2.36. The molecule has 1 aliphatic heterocycles. The van der Waals surface area contributed by atoms with E-state index in [2.05, 4.69) is 4.98 Å². The summed E-state index contributed by atoms with van der Waals surface area (Å²) in [5, 5.41) is 0.524. The number of oxazole rings is 1. The maximum absolute atomic E-state index is 12.5. The number of likely N-dealkylation sites (tertiary alicyclic amines) is 1. The molecule has 104 valence electrons. The Morgan fingerprint density at radius 2 is 2.25 bits per heavy atom. The summed E-state index contributed by atoms with van der Waals surface area (Å²) in [7, 11) is 0. The van der Waals surface area contributed by atoms with Crippen molar-refractivity contribution in [1.29, 1.82) is 0 Å². The third kappa shape index (κ3) is 2.30. The van der Waals surface area contributed by atoms with Gasteiger partial charge in [0.15, 0.2) is 17.8 Å². The van der Waals surface area contributed by atoms with Crippen LogP contribution >= 0.6 is 11.6 Å². The molecule has 5 nitrogen and oxygen atoms in total. The molecule has 0 radical (unpaired) electrons. The summed E-state index contributed by atoms with van der Waals surface area (Å²) in [6, 6.07) is 7.25. The average molecular weight is 292 g/mol. The highest BCUT2D eigenvalue weighted by atomic mass is 35.5. The second-order valence-electron chi connectivity index (χ2n) is 4.81. The summed E-state index contributed by atoms with van der Waals surface area (Å²) < 4.78 is 5.36. The highest BCUT2D eigenvalue weighted by Crippen LogP contribution is 2.30. The van der Waals surface area contributed by atoms with E-state index >= 15 is 0 Å². The first kappa shape index (κ1) is 13.1. The van der Waals surface area contributed by atoms with Crippen LogP contribution in [0.15, 0.2) is 35.1 Å². The SMILES string of the molecule is N[C@@H]1CCN(C(=O)c2ncoc2-c2ccccc2Cl)C1. The van der Waals surface area contributed by atoms with Crippen LogP contribution in [-0.2, 0) is 0 Å². The standard InChI is InChI=1S/C14H14ClN3O2/c15-11-4-2-1-3-10(11)13-12(17-8-20-13)14(19)18-6-5-9(16)7-18/h1-4,8-9H,5-7,16H2/t9-/m1/s1. The molecule has 0 unspecified atom stereocenters. The van der Waals surface area contributed by atoms with Gasteiger partial charge in [0.25, 0.3) is 5.91 Å². The molecule has 2 aromatic rings. The maximum atomic E-state index is 12.5. The van der Waals surface area contributed by atoms with Crippen molar-refractivity contribution in [3.8, 4) is 11.3 Å². The topological polar surface area (TPSA) is 72.4 Å². The molecule has 0 aliphatic carbocycles. The van der Waals surface area contributed by atoms with Crippen LogP contribution in [0.25, 0.3) is 11.3 Å². The molecule has 2 N–H and O–H groups in total. The molecular weight excluding hydrogens is 278 g/mol. The summed E-state index contributed by atoms with van der Waals surface area (Å²) in [6.07, 6.45) is 2.08. The van der Waals surface area contributed by atoms with Crippen LogP contribution in [0.2, 0.25) is 5.02 Å². The Balaban J connectivity index is 1.95. The highest BCUT2D eigenvalue weighted by Gasteiger charge is 2.29. The Kier molecular flexibility index (Phi) is 3.46. The van der Waals surface area contributed by atoms with Crippen LogP contribution in [0.1, 0.15) is 16.9 Å². The summed E-state index contributed by atoms with van der Waals surface area (Å²) in [5.41, 5.74) is 6.78. The van der Waals surface area contributed by atoms with Gasteiger partial charge in [-0.15, -0.1) is 0 Å². The van der Waals surface area contributed by atoms with Gasteiger partial charge in [-0.3, -0.25) is 4.79 Å².